The van der Waals surface area contributed by atoms with E-state index in [1.807, 2.05) is 78.6 Å². The van der Waals surface area contributed by atoms with Gasteiger partial charge in [-0.25, -0.2) is 0 Å². The number of nitrogens with one attached hydrogen (secondary N) is 2. The van der Waals surface area contributed by atoms with E-state index >= 15 is 0 Å². The Hall–Kier alpha value is -3.64. The van der Waals surface area contributed by atoms with Crippen LogP contribution in [0.2, 0.25) is 0 Å². The summed E-state index contributed by atoms with van der Waals surface area (Å²) in [6, 6.07) is 26.5. The van der Waals surface area contributed by atoms with Crippen molar-refractivity contribution in [3.63, 3.8) is 0 Å². The first-order valence-corrected chi connectivity index (χ1v) is 13.1. The van der Waals surface area contributed by atoms with E-state index in [1.165, 1.54) is 12.5 Å². The predicted octanol–water partition coefficient (Wildman–Crippen LogP) is 4.05. The fraction of sp³-hybridized carbons (Fsp3) is 0.355. The van der Waals surface area contributed by atoms with Crippen LogP contribution in [0.4, 0.5) is 0 Å². The Kier molecular flexibility index (Phi) is 9.33. The second kappa shape index (κ2) is 13.1. The van der Waals surface area contributed by atoms with E-state index in [9.17, 15) is 9.59 Å². The third-order valence-corrected chi connectivity index (χ3v) is 6.71. The molecule has 3 aromatic rings. The molecule has 6 nitrogen and oxygen atoms in total. The molecule has 0 radical (unpaired) electrons. The quantitative estimate of drug-likeness (QED) is 0.413. The van der Waals surface area contributed by atoms with Crippen LogP contribution in [0.25, 0.3) is 0 Å². The number of piperazine rings is 1. The molecule has 2 atom stereocenters. The van der Waals surface area contributed by atoms with Gasteiger partial charge in [-0.2, -0.15) is 0 Å². The van der Waals surface area contributed by atoms with Crippen LogP contribution < -0.4 is 15.4 Å². The van der Waals surface area contributed by atoms with Gasteiger partial charge in [0.05, 0.1) is 0 Å². The Balaban J connectivity index is 1.44. The van der Waals surface area contributed by atoms with Gasteiger partial charge < -0.3 is 20.3 Å². The fourth-order valence-electron chi connectivity index (χ4n) is 4.85. The number of nitrogens with zero attached hydrogens (tertiary/aromatic N) is 1. The van der Waals surface area contributed by atoms with Gasteiger partial charge in [-0.15, -0.1) is 0 Å². The Bertz CT molecular complexity index is 1170. The lowest BCUT2D eigenvalue weighted by Gasteiger charge is -2.36. The highest BCUT2D eigenvalue weighted by Gasteiger charge is 2.26. The lowest BCUT2D eigenvalue weighted by atomic mass is 10.0. The molecule has 0 bridgehead atoms. The first kappa shape index (κ1) is 26.4. The molecule has 0 saturated carbocycles. The number of ether oxygens (including phenoxy) is 1. The Morgan fingerprint density at radius 1 is 1.03 bits per heavy atom. The second-order valence-corrected chi connectivity index (χ2v) is 9.74. The first-order valence-electron chi connectivity index (χ1n) is 13.1. The SMILES string of the molecule is CC(=O)NC(Cc1ccccc1)Oc1cc(C)ccc1CCC(=O)N1CCNCC1Cc1ccccc1. The van der Waals surface area contributed by atoms with Gasteiger partial charge in [0, 0.05) is 45.4 Å². The zero-order chi connectivity index (χ0) is 26.0. The van der Waals surface area contributed by atoms with Crippen molar-refractivity contribution in [2.75, 3.05) is 19.6 Å². The maximum Gasteiger partial charge on any atom is 0.223 e. The molecule has 194 valence electrons. The van der Waals surface area contributed by atoms with Crippen molar-refractivity contribution < 1.29 is 14.3 Å². The van der Waals surface area contributed by atoms with E-state index < -0.39 is 6.23 Å². The number of aryl methyl sites for hydroxylation is 2. The first-order chi connectivity index (χ1) is 18.0. The molecule has 1 saturated heterocycles. The van der Waals surface area contributed by atoms with Crippen molar-refractivity contribution in [3.05, 3.63) is 101 Å². The summed E-state index contributed by atoms with van der Waals surface area (Å²) in [6.45, 7) is 5.85. The molecule has 2 N–H and O–H groups in total. The monoisotopic (exact) mass is 499 g/mol. The molecule has 1 heterocycles. The number of amides is 2. The number of hydrogen-bond acceptors (Lipinski definition) is 4. The lowest BCUT2D eigenvalue weighted by molar-refractivity contribution is -0.134. The van der Waals surface area contributed by atoms with Crippen molar-refractivity contribution in [1.29, 1.82) is 0 Å². The Morgan fingerprint density at radius 3 is 2.43 bits per heavy atom. The Morgan fingerprint density at radius 2 is 1.73 bits per heavy atom. The molecule has 0 aliphatic carbocycles. The van der Waals surface area contributed by atoms with Crippen LogP contribution in [0.5, 0.6) is 5.75 Å². The van der Waals surface area contributed by atoms with E-state index in [1.54, 1.807) is 0 Å². The van der Waals surface area contributed by atoms with E-state index in [0.717, 1.165) is 42.7 Å². The molecule has 2 amide bonds. The predicted molar refractivity (Wildman–Crippen MR) is 146 cm³/mol. The summed E-state index contributed by atoms with van der Waals surface area (Å²) >= 11 is 0. The third kappa shape index (κ3) is 7.92. The molecule has 6 heteroatoms. The largest absolute Gasteiger partial charge is 0.470 e. The molecule has 4 rings (SSSR count). The highest BCUT2D eigenvalue weighted by molar-refractivity contribution is 5.77. The molecule has 1 aliphatic rings. The maximum atomic E-state index is 13.4. The molecule has 3 aromatic carbocycles. The second-order valence-electron chi connectivity index (χ2n) is 9.74. The van der Waals surface area contributed by atoms with Gasteiger partial charge in [0.15, 0.2) is 6.23 Å². The van der Waals surface area contributed by atoms with Gasteiger partial charge in [0.1, 0.15) is 5.75 Å². The number of rotatable bonds is 10. The van der Waals surface area contributed by atoms with Crippen molar-refractivity contribution in [3.8, 4) is 5.75 Å². The lowest BCUT2D eigenvalue weighted by Crippen LogP contribution is -2.54. The van der Waals surface area contributed by atoms with Gasteiger partial charge in [-0.1, -0.05) is 72.8 Å². The van der Waals surface area contributed by atoms with Gasteiger partial charge in [-0.05, 0) is 48.1 Å². The van der Waals surface area contributed by atoms with Crippen molar-refractivity contribution in [2.45, 2.75) is 51.8 Å². The number of carbonyl (C=O) groups excluding carboxylic acids is 2. The topological polar surface area (TPSA) is 70.7 Å². The molecule has 1 aliphatic heterocycles. The standard InChI is InChI=1S/C31H37N3O3/c1-23-13-14-27(29(19-23)37-30(33-24(2)35)21-26-11-7-4-8-12-26)15-16-31(36)34-18-17-32-22-28(34)20-25-9-5-3-6-10-25/h3-14,19,28,30,32H,15-18,20-22H2,1-2H3,(H,33,35). The molecular weight excluding hydrogens is 462 g/mol. The summed E-state index contributed by atoms with van der Waals surface area (Å²) in [6.07, 6.45) is 1.88. The minimum Gasteiger partial charge on any atom is -0.470 e. The van der Waals surface area contributed by atoms with Crippen LogP contribution in [0.3, 0.4) is 0 Å². The van der Waals surface area contributed by atoms with E-state index in [0.29, 0.717) is 25.0 Å². The van der Waals surface area contributed by atoms with Gasteiger partial charge in [0.2, 0.25) is 11.8 Å². The summed E-state index contributed by atoms with van der Waals surface area (Å²) in [5, 5.41) is 6.36. The minimum atomic E-state index is -0.500. The van der Waals surface area contributed by atoms with E-state index in [4.69, 9.17) is 4.74 Å². The average Bonchev–Trinajstić information content (AvgIpc) is 2.89. The van der Waals surface area contributed by atoms with Gasteiger partial charge >= 0.3 is 0 Å². The average molecular weight is 500 g/mol. The van der Waals surface area contributed by atoms with Crippen LogP contribution in [0, 0.1) is 6.92 Å². The van der Waals surface area contributed by atoms with E-state index in [2.05, 4.69) is 22.8 Å². The molecule has 37 heavy (non-hydrogen) atoms. The van der Waals surface area contributed by atoms with Crippen LogP contribution in [0.15, 0.2) is 78.9 Å². The van der Waals surface area contributed by atoms with Crippen molar-refractivity contribution >= 4 is 11.8 Å². The highest BCUT2D eigenvalue weighted by Crippen LogP contribution is 2.24. The molecule has 2 unspecified atom stereocenters. The van der Waals surface area contributed by atoms with Gasteiger partial charge in [0.25, 0.3) is 0 Å². The summed E-state index contributed by atoms with van der Waals surface area (Å²) in [5.41, 5.74) is 4.35. The van der Waals surface area contributed by atoms with Crippen molar-refractivity contribution in [2.24, 2.45) is 0 Å². The number of benzene rings is 3. The number of carbonyl (C=O) groups is 2. The fourth-order valence-corrected chi connectivity index (χ4v) is 4.85. The van der Waals surface area contributed by atoms with Crippen LogP contribution in [-0.4, -0.2) is 48.6 Å². The molecular formula is C31H37N3O3. The Labute approximate surface area is 220 Å². The summed E-state index contributed by atoms with van der Waals surface area (Å²) < 4.78 is 6.35. The summed E-state index contributed by atoms with van der Waals surface area (Å²) in [5.74, 6) is 0.730. The summed E-state index contributed by atoms with van der Waals surface area (Å²) in [7, 11) is 0. The summed E-state index contributed by atoms with van der Waals surface area (Å²) in [4.78, 5) is 27.3. The highest BCUT2D eigenvalue weighted by atomic mass is 16.5. The number of hydrogen-bond donors (Lipinski definition) is 2. The maximum absolute atomic E-state index is 13.4. The van der Waals surface area contributed by atoms with Crippen LogP contribution >= 0.6 is 0 Å². The zero-order valence-electron chi connectivity index (χ0n) is 21.8. The van der Waals surface area contributed by atoms with Crippen LogP contribution in [-0.2, 0) is 28.9 Å². The molecule has 0 aromatic heterocycles. The smallest absolute Gasteiger partial charge is 0.223 e. The van der Waals surface area contributed by atoms with Crippen molar-refractivity contribution in [1.82, 2.24) is 15.5 Å². The normalized spacial score (nSPS) is 16.2. The zero-order valence-corrected chi connectivity index (χ0v) is 21.8. The van der Waals surface area contributed by atoms with E-state index in [-0.39, 0.29) is 17.9 Å². The van der Waals surface area contributed by atoms with Gasteiger partial charge in [-0.3, -0.25) is 9.59 Å². The third-order valence-electron chi connectivity index (χ3n) is 6.71. The molecule has 1 fully saturated rings. The molecule has 0 spiro atoms. The van der Waals surface area contributed by atoms with Crippen LogP contribution in [0.1, 0.15) is 35.6 Å². The minimum absolute atomic E-state index is 0.145.